The molecule has 0 radical (unpaired) electrons. The van der Waals surface area contributed by atoms with Crippen LogP contribution in [-0.4, -0.2) is 68.5 Å². The van der Waals surface area contributed by atoms with Crippen molar-refractivity contribution in [1.29, 1.82) is 0 Å². The SMILES string of the molecule is CCCCCCCCCCCCCCC/C=C\C/C=C\CCCCCCCCCCCCCCCCCCCC(=O)NC(COP(=O)([O-])OCC[N+](C)(C)C)C(O)CCCCCCCCCCCCCCCCCCC. The van der Waals surface area contributed by atoms with Crippen molar-refractivity contribution in [2.45, 2.75) is 360 Å². The number of likely N-dealkylation sites (N-methyl/N-ethyl adjacent to an activating group) is 1. The Kier molecular flexibility index (Phi) is 57.8. The fourth-order valence-corrected chi connectivity index (χ4v) is 11.2. The van der Waals surface area contributed by atoms with Crippen molar-refractivity contribution < 1.29 is 32.9 Å². The summed E-state index contributed by atoms with van der Waals surface area (Å²) in [7, 11) is 1.32. The Labute approximate surface area is 474 Å². The molecule has 76 heavy (non-hydrogen) atoms. The first-order valence-corrected chi connectivity index (χ1v) is 35.1. The third kappa shape index (κ3) is 60.6. The van der Waals surface area contributed by atoms with Crippen molar-refractivity contribution >= 4 is 13.7 Å². The number of hydrogen-bond acceptors (Lipinski definition) is 6. The highest BCUT2D eigenvalue weighted by Gasteiger charge is 2.24. The predicted molar refractivity (Wildman–Crippen MR) is 330 cm³/mol. The number of nitrogens with one attached hydrogen (secondary N) is 1. The summed E-state index contributed by atoms with van der Waals surface area (Å²) in [5, 5.41) is 14.1. The van der Waals surface area contributed by atoms with Crippen molar-refractivity contribution in [3.05, 3.63) is 24.3 Å². The van der Waals surface area contributed by atoms with Crippen molar-refractivity contribution in [2.24, 2.45) is 0 Å². The number of hydrogen-bond donors (Lipinski definition) is 2. The first-order valence-electron chi connectivity index (χ1n) is 33.7. The van der Waals surface area contributed by atoms with E-state index < -0.39 is 20.0 Å². The van der Waals surface area contributed by atoms with Gasteiger partial charge in [0.15, 0.2) is 0 Å². The molecule has 0 rings (SSSR count). The number of phosphoric ester groups is 1. The zero-order chi connectivity index (χ0) is 55.6. The lowest BCUT2D eigenvalue weighted by atomic mass is 10.0. The van der Waals surface area contributed by atoms with Crippen molar-refractivity contribution in [2.75, 3.05) is 40.9 Å². The average molecular weight is 1090 g/mol. The molecule has 2 N–H and O–H groups in total. The van der Waals surface area contributed by atoms with Crippen LogP contribution in [0.15, 0.2) is 24.3 Å². The summed E-state index contributed by atoms with van der Waals surface area (Å²) in [6.45, 7) is 4.77. The summed E-state index contributed by atoms with van der Waals surface area (Å²) < 4.78 is 23.5. The molecule has 452 valence electrons. The highest BCUT2D eigenvalue weighted by molar-refractivity contribution is 7.45. The van der Waals surface area contributed by atoms with Crippen molar-refractivity contribution in [3.63, 3.8) is 0 Å². The molecule has 0 aliphatic heterocycles. The van der Waals surface area contributed by atoms with Crippen LogP contribution in [-0.2, 0) is 18.4 Å². The number of aliphatic hydroxyl groups is 1. The van der Waals surface area contributed by atoms with Gasteiger partial charge in [-0.2, -0.15) is 0 Å². The molecule has 0 aliphatic rings. The van der Waals surface area contributed by atoms with E-state index in [2.05, 4.69) is 43.5 Å². The molecule has 0 aromatic carbocycles. The van der Waals surface area contributed by atoms with Crippen LogP contribution < -0.4 is 10.2 Å². The van der Waals surface area contributed by atoms with Gasteiger partial charge in [0.25, 0.3) is 7.82 Å². The van der Waals surface area contributed by atoms with Crippen LogP contribution in [0, 0.1) is 0 Å². The Morgan fingerprint density at radius 1 is 0.461 bits per heavy atom. The number of carbonyl (C=O) groups excluding carboxylic acids is 1. The summed E-state index contributed by atoms with van der Waals surface area (Å²) in [4.78, 5) is 25.6. The summed E-state index contributed by atoms with van der Waals surface area (Å²) in [5.74, 6) is -0.158. The van der Waals surface area contributed by atoms with Gasteiger partial charge in [-0.15, -0.1) is 0 Å². The zero-order valence-corrected chi connectivity index (χ0v) is 52.6. The van der Waals surface area contributed by atoms with Gasteiger partial charge in [-0.1, -0.05) is 321 Å². The van der Waals surface area contributed by atoms with E-state index in [1.54, 1.807) is 0 Å². The lowest BCUT2D eigenvalue weighted by molar-refractivity contribution is -0.870. The number of rotatable bonds is 63. The molecule has 0 aromatic rings. The van der Waals surface area contributed by atoms with E-state index in [9.17, 15) is 19.4 Å². The second kappa shape index (κ2) is 58.6. The van der Waals surface area contributed by atoms with Gasteiger partial charge in [-0.05, 0) is 44.9 Å². The number of aliphatic hydroxyl groups excluding tert-OH is 1. The van der Waals surface area contributed by atoms with Crippen LogP contribution in [0.4, 0.5) is 0 Å². The first kappa shape index (κ1) is 75.0. The maximum absolute atomic E-state index is 13.0. The van der Waals surface area contributed by atoms with E-state index in [1.807, 2.05) is 21.1 Å². The van der Waals surface area contributed by atoms with Crippen LogP contribution in [0.2, 0.25) is 0 Å². The van der Waals surface area contributed by atoms with Crippen LogP contribution in [0.5, 0.6) is 0 Å². The summed E-state index contributed by atoms with van der Waals surface area (Å²) in [6.07, 6.45) is 75.4. The second-order valence-corrected chi connectivity index (χ2v) is 25.9. The standard InChI is InChI=1S/C67H133N2O6P/c1-6-8-10-12-14-16-18-20-22-24-25-26-27-28-29-30-31-32-33-34-35-36-37-38-39-40-41-42-43-45-47-49-51-53-55-57-59-61-67(71)68-65(64-75-76(72,73)74-63-62-69(3,4)5)66(70)60-58-56-54-52-50-48-46-44-23-21-19-17-15-13-11-9-7-2/h29-30,32-33,65-66,70H,6-28,31,34-64H2,1-5H3,(H-,68,71,72,73)/b30-29-,33-32-. The molecule has 0 heterocycles. The highest BCUT2D eigenvalue weighted by Crippen LogP contribution is 2.38. The van der Waals surface area contributed by atoms with E-state index in [0.717, 1.165) is 44.9 Å². The number of allylic oxidation sites excluding steroid dienone is 4. The molecule has 3 unspecified atom stereocenters. The first-order chi connectivity index (χ1) is 37.0. The van der Waals surface area contributed by atoms with E-state index >= 15 is 0 Å². The van der Waals surface area contributed by atoms with Gasteiger partial charge in [0.2, 0.25) is 5.91 Å². The van der Waals surface area contributed by atoms with Gasteiger partial charge in [-0.3, -0.25) is 9.36 Å². The molecule has 8 nitrogen and oxygen atoms in total. The minimum Gasteiger partial charge on any atom is -0.756 e. The molecule has 0 aromatic heterocycles. The number of amides is 1. The van der Waals surface area contributed by atoms with Crippen LogP contribution >= 0.6 is 7.82 Å². The molecule has 9 heteroatoms. The lowest BCUT2D eigenvalue weighted by Crippen LogP contribution is -2.46. The van der Waals surface area contributed by atoms with E-state index in [4.69, 9.17) is 9.05 Å². The smallest absolute Gasteiger partial charge is 0.268 e. The number of carbonyl (C=O) groups is 1. The maximum Gasteiger partial charge on any atom is 0.268 e. The third-order valence-electron chi connectivity index (χ3n) is 15.7. The third-order valence-corrected chi connectivity index (χ3v) is 16.7. The Morgan fingerprint density at radius 2 is 0.763 bits per heavy atom. The number of phosphoric acid groups is 1. The summed E-state index contributed by atoms with van der Waals surface area (Å²) in [5.41, 5.74) is 0. The predicted octanol–water partition coefficient (Wildman–Crippen LogP) is 20.5. The normalized spacial score (nSPS) is 13.8. The Balaban J connectivity index is 3.93. The summed E-state index contributed by atoms with van der Waals surface area (Å²) in [6, 6.07) is -0.799. The quantitative estimate of drug-likeness (QED) is 0.0272. The molecule has 1 amide bonds. The molecule has 0 saturated heterocycles. The molecule has 0 aliphatic carbocycles. The minimum absolute atomic E-state index is 0.0145. The Morgan fingerprint density at radius 3 is 1.09 bits per heavy atom. The molecule has 0 spiro atoms. The molecule has 0 saturated carbocycles. The second-order valence-electron chi connectivity index (χ2n) is 24.5. The lowest BCUT2D eigenvalue weighted by Gasteiger charge is -2.30. The van der Waals surface area contributed by atoms with Gasteiger partial charge in [0, 0.05) is 6.42 Å². The Hall–Kier alpha value is -1.02. The Bertz CT molecular complexity index is 1290. The largest absolute Gasteiger partial charge is 0.756 e. The minimum atomic E-state index is -4.57. The zero-order valence-electron chi connectivity index (χ0n) is 51.7. The van der Waals surface area contributed by atoms with Gasteiger partial charge in [-0.25, -0.2) is 0 Å². The van der Waals surface area contributed by atoms with Gasteiger partial charge in [0.1, 0.15) is 13.2 Å². The molecular formula is C67H133N2O6P. The maximum atomic E-state index is 13.0. The summed E-state index contributed by atoms with van der Waals surface area (Å²) >= 11 is 0. The molecular weight excluding hydrogens is 960 g/mol. The number of quaternary nitrogens is 1. The molecule has 0 fully saturated rings. The van der Waals surface area contributed by atoms with Gasteiger partial charge >= 0.3 is 0 Å². The van der Waals surface area contributed by atoms with Crippen molar-refractivity contribution in [1.82, 2.24) is 5.32 Å². The van der Waals surface area contributed by atoms with E-state index in [1.165, 1.54) is 276 Å². The highest BCUT2D eigenvalue weighted by atomic mass is 31.2. The van der Waals surface area contributed by atoms with E-state index in [-0.39, 0.29) is 19.1 Å². The number of unbranched alkanes of at least 4 members (excludes halogenated alkanes) is 46. The van der Waals surface area contributed by atoms with Gasteiger partial charge < -0.3 is 28.8 Å². The molecule has 3 atom stereocenters. The van der Waals surface area contributed by atoms with Crippen molar-refractivity contribution in [3.8, 4) is 0 Å². The fraction of sp³-hybridized carbons (Fsp3) is 0.925. The fourth-order valence-electron chi connectivity index (χ4n) is 10.4. The topological polar surface area (TPSA) is 108 Å². The average Bonchev–Trinajstić information content (AvgIpc) is 3.38. The number of nitrogens with zero attached hydrogens (tertiary/aromatic N) is 1. The van der Waals surface area contributed by atoms with Crippen LogP contribution in [0.3, 0.4) is 0 Å². The van der Waals surface area contributed by atoms with Crippen LogP contribution in [0.1, 0.15) is 348 Å². The van der Waals surface area contributed by atoms with Gasteiger partial charge in [0.05, 0.1) is 39.9 Å². The van der Waals surface area contributed by atoms with Crippen LogP contribution in [0.25, 0.3) is 0 Å². The molecule has 0 bridgehead atoms. The monoisotopic (exact) mass is 1090 g/mol. The van der Waals surface area contributed by atoms with E-state index in [0.29, 0.717) is 23.9 Å².